The second kappa shape index (κ2) is 12.0. The van der Waals surface area contributed by atoms with Gasteiger partial charge < -0.3 is 14.8 Å². The average Bonchev–Trinajstić information content (AvgIpc) is 3.23. The second-order valence-electron chi connectivity index (χ2n) is 10.7. The van der Waals surface area contributed by atoms with Crippen molar-refractivity contribution in [2.45, 2.75) is 42.4 Å². The number of carbonyl (C=O) groups excluding carboxylic acids is 1. The number of halogens is 4. The highest BCUT2D eigenvalue weighted by Gasteiger charge is 2.50. The Morgan fingerprint density at radius 1 is 0.976 bits per heavy atom. The van der Waals surface area contributed by atoms with Gasteiger partial charge in [0.2, 0.25) is 0 Å². The summed E-state index contributed by atoms with van der Waals surface area (Å²) in [6.45, 7) is 0.992. The van der Waals surface area contributed by atoms with E-state index in [1.807, 2.05) is 24.3 Å². The fourth-order valence-corrected chi connectivity index (χ4v) is 9.02. The average molecular weight is 608 g/mol. The molecule has 1 N–H and O–H groups in total. The van der Waals surface area contributed by atoms with Gasteiger partial charge in [-0.3, -0.25) is 4.79 Å². The van der Waals surface area contributed by atoms with Crippen molar-refractivity contribution in [3.63, 3.8) is 0 Å². The largest absolute Gasteiger partial charge is 0.497 e. The van der Waals surface area contributed by atoms with Gasteiger partial charge in [0, 0.05) is 30.0 Å². The molecule has 0 aromatic heterocycles. The number of amides is 1. The third-order valence-electron chi connectivity index (χ3n) is 7.99. The van der Waals surface area contributed by atoms with E-state index in [0.29, 0.717) is 38.2 Å². The summed E-state index contributed by atoms with van der Waals surface area (Å²) in [5.74, 6) is -4.51. The van der Waals surface area contributed by atoms with Gasteiger partial charge in [0.05, 0.1) is 28.9 Å². The topological polar surface area (TPSA) is 81.7 Å². The number of anilines is 1. The van der Waals surface area contributed by atoms with Crippen LogP contribution in [0.4, 0.5) is 18.9 Å². The molecule has 0 radical (unpaired) electrons. The Labute approximate surface area is 241 Å². The molecule has 5 rings (SSSR count). The van der Waals surface area contributed by atoms with E-state index < -0.39 is 38.4 Å². The Bertz CT molecular complexity index is 1510. The van der Waals surface area contributed by atoms with E-state index in [1.54, 1.807) is 7.11 Å². The van der Waals surface area contributed by atoms with E-state index in [4.69, 9.17) is 21.1 Å². The van der Waals surface area contributed by atoms with E-state index in [0.717, 1.165) is 24.2 Å². The van der Waals surface area contributed by atoms with Crippen LogP contribution in [0.2, 0.25) is 5.02 Å². The van der Waals surface area contributed by atoms with Crippen molar-refractivity contribution >= 4 is 33.0 Å². The predicted molar refractivity (Wildman–Crippen MR) is 148 cm³/mol. The van der Waals surface area contributed by atoms with Crippen molar-refractivity contribution in [3.05, 3.63) is 88.2 Å². The molecule has 0 heterocycles. The van der Waals surface area contributed by atoms with E-state index in [1.165, 1.54) is 18.2 Å². The normalized spacial score (nSPS) is 22.0. The summed E-state index contributed by atoms with van der Waals surface area (Å²) >= 11 is 6.33. The number of hydrogen-bond donors (Lipinski definition) is 1. The number of fused-ring (bicyclic) bond motifs is 2. The molecule has 0 saturated heterocycles. The van der Waals surface area contributed by atoms with E-state index >= 15 is 0 Å². The third kappa shape index (κ3) is 6.24. The first-order chi connectivity index (χ1) is 19.6. The maximum absolute atomic E-state index is 13.9. The first-order valence-corrected chi connectivity index (χ1v) is 15.2. The minimum atomic E-state index is -3.90. The van der Waals surface area contributed by atoms with Crippen LogP contribution in [0.15, 0.2) is 59.5 Å². The van der Waals surface area contributed by atoms with Crippen molar-refractivity contribution < 1.29 is 35.9 Å². The van der Waals surface area contributed by atoms with E-state index in [2.05, 4.69) is 5.32 Å². The molecule has 2 aliphatic carbocycles. The van der Waals surface area contributed by atoms with Crippen LogP contribution < -0.4 is 10.1 Å². The zero-order chi connectivity index (χ0) is 29.3. The van der Waals surface area contributed by atoms with Gasteiger partial charge in [-0.25, -0.2) is 21.6 Å². The highest BCUT2D eigenvalue weighted by atomic mass is 35.5. The van der Waals surface area contributed by atoms with Crippen LogP contribution in [-0.4, -0.2) is 33.3 Å². The fraction of sp³-hybridized carbons (Fsp3) is 0.367. The molecule has 11 heteroatoms. The van der Waals surface area contributed by atoms with Gasteiger partial charge in [0.15, 0.2) is 27.3 Å². The molecule has 2 aliphatic rings. The summed E-state index contributed by atoms with van der Waals surface area (Å²) in [7, 11) is -2.29. The molecule has 2 bridgehead atoms. The van der Waals surface area contributed by atoms with Crippen LogP contribution in [0.1, 0.15) is 41.6 Å². The molecule has 1 amide bonds. The molecule has 6 nitrogen and oxygen atoms in total. The predicted octanol–water partition coefficient (Wildman–Crippen LogP) is 6.81. The molecule has 2 fully saturated rings. The lowest BCUT2D eigenvalue weighted by Crippen LogP contribution is -2.38. The molecule has 0 aliphatic heterocycles. The summed E-state index contributed by atoms with van der Waals surface area (Å²) in [5, 5.41) is 1.64. The zero-order valence-corrected chi connectivity index (χ0v) is 23.8. The van der Waals surface area contributed by atoms with Crippen LogP contribution in [0, 0.1) is 35.2 Å². The molecule has 0 spiro atoms. The van der Waals surface area contributed by atoms with Crippen molar-refractivity contribution in [1.82, 2.24) is 0 Å². The van der Waals surface area contributed by atoms with E-state index in [-0.39, 0.29) is 38.9 Å². The number of methoxy groups -OCH3 is 1. The molecule has 3 aromatic carbocycles. The minimum absolute atomic E-state index is 0.00947. The van der Waals surface area contributed by atoms with Crippen LogP contribution in [-0.2, 0) is 21.2 Å². The lowest BCUT2D eigenvalue weighted by atomic mass is 9.81. The molecule has 3 unspecified atom stereocenters. The third-order valence-corrected chi connectivity index (χ3v) is 10.9. The minimum Gasteiger partial charge on any atom is -0.497 e. The Balaban J connectivity index is 1.26. The Morgan fingerprint density at radius 2 is 1.61 bits per heavy atom. The number of nitrogens with one attached hydrogen (secondary N) is 1. The van der Waals surface area contributed by atoms with Gasteiger partial charge in [0.1, 0.15) is 5.75 Å². The van der Waals surface area contributed by atoms with Gasteiger partial charge in [-0.2, -0.15) is 0 Å². The van der Waals surface area contributed by atoms with E-state index in [9.17, 15) is 26.4 Å². The summed E-state index contributed by atoms with van der Waals surface area (Å²) in [6.07, 6.45) is 2.98. The molecular formula is C30H29ClF3NO5S. The maximum atomic E-state index is 13.9. The van der Waals surface area contributed by atoms with Crippen molar-refractivity contribution in [2.75, 3.05) is 19.0 Å². The lowest BCUT2D eigenvalue weighted by molar-refractivity contribution is 0.0626. The summed E-state index contributed by atoms with van der Waals surface area (Å²) in [4.78, 5) is 12.6. The van der Waals surface area contributed by atoms with Crippen molar-refractivity contribution in [3.8, 4) is 5.75 Å². The SMILES string of the molecule is COc1ccc(COCC2CC3CC[C@@H](C2)C3S(=O)(=O)c2cc(C(=O)Nc3cc(F)c(F)c(F)c3)ccc2Cl)cc1. The number of benzene rings is 3. The van der Waals surface area contributed by atoms with Gasteiger partial charge in [0.25, 0.3) is 5.91 Å². The Hall–Kier alpha value is -3.08. The van der Waals surface area contributed by atoms with Crippen LogP contribution >= 0.6 is 11.6 Å². The first-order valence-electron chi connectivity index (χ1n) is 13.3. The highest BCUT2D eigenvalue weighted by molar-refractivity contribution is 7.92. The van der Waals surface area contributed by atoms with Gasteiger partial charge in [-0.15, -0.1) is 0 Å². The number of hydrogen-bond acceptors (Lipinski definition) is 5. The van der Waals surface area contributed by atoms with Gasteiger partial charge in [-0.1, -0.05) is 23.7 Å². The number of rotatable bonds is 9. The smallest absolute Gasteiger partial charge is 0.255 e. The van der Waals surface area contributed by atoms with Crippen LogP contribution in [0.25, 0.3) is 0 Å². The highest BCUT2D eigenvalue weighted by Crippen LogP contribution is 2.50. The molecule has 218 valence electrons. The molecule has 2 saturated carbocycles. The quantitative estimate of drug-likeness (QED) is 0.270. The Morgan fingerprint density at radius 3 is 2.22 bits per heavy atom. The lowest BCUT2D eigenvalue weighted by Gasteiger charge is -2.35. The zero-order valence-electron chi connectivity index (χ0n) is 22.2. The number of carbonyl (C=O) groups is 1. The van der Waals surface area contributed by atoms with Crippen LogP contribution in [0.5, 0.6) is 5.75 Å². The fourth-order valence-electron chi connectivity index (χ4n) is 6.15. The van der Waals surface area contributed by atoms with Gasteiger partial charge >= 0.3 is 0 Å². The van der Waals surface area contributed by atoms with Crippen molar-refractivity contribution in [2.24, 2.45) is 17.8 Å². The number of ether oxygens (including phenoxy) is 2. The van der Waals surface area contributed by atoms with Gasteiger partial charge in [-0.05, 0) is 79.3 Å². The molecule has 3 aromatic rings. The maximum Gasteiger partial charge on any atom is 0.255 e. The second-order valence-corrected chi connectivity index (χ2v) is 13.1. The number of sulfone groups is 1. The molecule has 41 heavy (non-hydrogen) atoms. The monoisotopic (exact) mass is 607 g/mol. The molecular weight excluding hydrogens is 579 g/mol. The summed E-state index contributed by atoms with van der Waals surface area (Å²) < 4.78 is 79.3. The van der Waals surface area contributed by atoms with Crippen molar-refractivity contribution in [1.29, 1.82) is 0 Å². The standard InChI is InChI=1S/C30H29ClF3NO5S/c1-39-23-7-2-17(3-8-23)15-40-16-18-10-19-4-5-20(11-18)29(19)41(37,38)27-12-21(6-9-24(27)31)30(36)35-22-13-25(32)28(34)26(33)14-22/h2-3,6-9,12-14,18-20,29H,4-5,10-11,15-16H2,1H3,(H,35,36)/t18?,19-,20?,29?/m0/s1. The van der Waals surface area contributed by atoms with Crippen LogP contribution in [0.3, 0.4) is 0 Å². The molecule has 4 atom stereocenters. The first kappa shape index (κ1) is 29.4. The Kier molecular flexibility index (Phi) is 8.63. The summed E-state index contributed by atoms with van der Waals surface area (Å²) in [5.41, 5.74) is 0.653. The summed E-state index contributed by atoms with van der Waals surface area (Å²) in [6, 6.07) is 12.7.